The van der Waals surface area contributed by atoms with Gasteiger partial charge >= 0.3 is 5.97 Å². The fourth-order valence-corrected chi connectivity index (χ4v) is 2.16. The molecule has 0 aromatic carbocycles. The lowest BCUT2D eigenvalue weighted by Crippen LogP contribution is -2.35. The van der Waals surface area contributed by atoms with E-state index in [4.69, 9.17) is 5.11 Å². The topological polar surface area (TPSA) is 37.3 Å². The maximum absolute atomic E-state index is 11.0. The monoisotopic (exact) mass is 184 g/mol. The van der Waals surface area contributed by atoms with Crippen LogP contribution in [0.25, 0.3) is 0 Å². The lowest BCUT2D eigenvalue weighted by atomic mass is 9.69. The van der Waals surface area contributed by atoms with Gasteiger partial charge in [-0.3, -0.25) is 4.79 Å². The van der Waals surface area contributed by atoms with E-state index in [1.807, 2.05) is 13.8 Å². The molecule has 13 heavy (non-hydrogen) atoms. The van der Waals surface area contributed by atoms with Crippen molar-refractivity contribution in [1.29, 1.82) is 0 Å². The van der Waals surface area contributed by atoms with Gasteiger partial charge in [0.25, 0.3) is 0 Å². The van der Waals surface area contributed by atoms with Crippen molar-refractivity contribution in [3.63, 3.8) is 0 Å². The molecule has 0 aromatic rings. The predicted octanol–water partition coefficient (Wildman–Crippen LogP) is 2.92. The number of carbonyl (C=O) groups is 1. The Kier molecular flexibility index (Phi) is 2.99. The second-order valence-electron chi connectivity index (χ2n) is 4.98. The van der Waals surface area contributed by atoms with Gasteiger partial charge in [0.2, 0.25) is 0 Å². The molecule has 2 nitrogen and oxygen atoms in total. The van der Waals surface area contributed by atoms with E-state index in [1.165, 1.54) is 12.8 Å². The van der Waals surface area contributed by atoms with Gasteiger partial charge in [-0.05, 0) is 38.5 Å². The largest absolute Gasteiger partial charge is 0.481 e. The summed E-state index contributed by atoms with van der Waals surface area (Å²) in [6.45, 7) is 5.97. The SMILES string of the molecule is CC(C)(C(=O)O)[C@H]1CC[C@H](C)CC1. The molecule has 1 rings (SSSR count). The van der Waals surface area contributed by atoms with Gasteiger partial charge in [-0.15, -0.1) is 0 Å². The van der Waals surface area contributed by atoms with Crippen LogP contribution in [-0.4, -0.2) is 11.1 Å². The van der Waals surface area contributed by atoms with Crippen LogP contribution in [0, 0.1) is 17.3 Å². The first-order chi connectivity index (χ1) is 5.94. The van der Waals surface area contributed by atoms with Crippen molar-refractivity contribution in [3.8, 4) is 0 Å². The Morgan fingerprint density at radius 2 is 1.69 bits per heavy atom. The second kappa shape index (κ2) is 3.69. The van der Waals surface area contributed by atoms with E-state index >= 15 is 0 Å². The Morgan fingerprint density at radius 1 is 1.23 bits per heavy atom. The van der Waals surface area contributed by atoms with E-state index in [9.17, 15) is 4.79 Å². The van der Waals surface area contributed by atoms with Crippen LogP contribution in [0.5, 0.6) is 0 Å². The van der Waals surface area contributed by atoms with Crippen LogP contribution in [0.2, 0.25) is 0 Å². The fourth-order valence-electron chi connectivity index (χ4n) is 2.16. The molecule has 0 amide bonds. The van der Waals surface area contributed by atoms with E-state index in [2.05, 4.69) is 6.92 Å². The van der Waals surface area contributed by atoms with E-state index in [0.29, 0.717) is 5.92 Å². The zero-order chi connectivity index (χ0) is 10.1. The Labute approximate surface area is 80.3 Å². The van der Waals surface area contributed by atoms with Crippen molar-refractivity contribution in [2.45, 2.75) is 46.5 Å². The van der Waals surface area contributed by atoms with E-state index in [1.54, 1.807) is 0 Å². The third kappa shape index (κ3) is 2.23. The maximum atomic E-state index is 11.0. The molecule has 1 aliphatic carbocycles. The van der Waals surface area contributed by atoms with Gasteiger partial charge in [0.05, 0.1) is 5.41 Å². The minimum Gasteiger partial charge on any atom is -0.481 e. The molecule has 76 valence electrons. The Morgan fingerprint density at radius 3 is 2.08 bits per heavy atom. The van der Waals surface area contributed by atoms with Crippen molar-refractivity contribution >= 4 is 5.97 Å². The summed E-state index contributed by atoms with van der Waals surface area (Å²) in [7, 11) is 0. The molecular weight excluding hydrogens is 164 g/mol. The summed E-state index contributed by atoms with van der Waals surface area (Å²) >= 11 is 0. The second-order valence-corrected chi connectivity index (χ2v) is 4.98. The average molecular weight is 184 g/mol. The third-order valence-electron chi connectivity index (χ3n) is 3.59. The van der Waals surface area contributed by atoms with E-state index in [-0.39, 0.29) is 0 Å². The predicted molar refractivity (Wildman–Crippen MR) is 52.5 cm³/mol. The molecule has 1 saturated carbocycles. The molecule has 0 unspecified atom stereocenters. The molecule has 1 aliphatic rings. The third-order valence-corrected chi connectivity index (χ3v) is 3.59. The summed E-state index contributed by atoms with van der Waals surface area (Å²) in [6, 6.07) is 0. The Hall–Kier alpha value is -0.530. The van der Waals surface area contributed by atoms with Crippen LogP contribution in [0.4, 0.5) is 0 Å². The molecule has 0 saturated heterocycles. The number of hydrogen-bond donors (Lipinski definition) is 1. The molecule has 0 spiro atoms. The summed E-state index contributed by atoms with van der Waals surface area (Å²) in [4.78, 5) is 11.0. The van der Waals surface area contributed by atoms with Gasteiger partial charge < -0.3 is 5.11 Å². The first kappa shape index (κ1) is 10.6. The zero-order valence-electron chi connectivity index (χ0n) is 8.84. The number of aliphatic carboxylic acids is 1. The fraction of sp³-hybridized carbons (Fsp3) is 0.909. The highest BCUT2D eigenvalue weighted by molar-refractivity contribution is 5.74. The standard InChI is InChI=1S/C11H20O2/c1-8-4-6-9(7-5-8)11(2,3)10(12)13/h8-9H,4-7H2,1-3H3,(H,12,13)/t8-,9-. The minimum absolute atomic E-state index is 0.376. The molecular formula is C11H20O2. The van der Waals surface area contributed by atoms with Crippen molar-refractivity contribution in [3.05, 3.63) is 0 Å². The summed E-state index contributed by atoms with van der Waals surface area (Å²) in [5.41, 5.74) is -0.528. The van der Waals surface area contributed by atoms with Crippen molar-refractivity contribution in [1.82, 2.24) is 0 Å². The van der Waals surface area contributed by atoms with Crippen LogP contribution < -0.4 is 0 Å². The van der Waals surface area contributed by atoms with E-state index in [0.717, 1.165) is 18.8 Å². The van der Waals surface area contributed by atoms with Gasteiger partial charge in [0.1, 0.15) is 0 Å². The zero-order valence-corrected chi connectivity index (χ0v) is 8.84. The molecule has 1 fully saturated rings. The van der Waals surface area contributed by atoms with Gasteiger partial charge in [0.15, 0.2) is 0 Å². The molecule has 0 heterocycles. The highest BCUT2D eigenvalue weighted by Crippen LogP contribution is 2.40. The van der Waals surface area contributed by atoms with Crippen LogP contribution in [0.1, 0.15) is 46.5 Å². The average Bonchev–Trinajstić information content (AvgIpc) is 2.04. The maximum Gasteiger partial charge on any atom is 0.309 e. The molecule has 0 bridgehead atoms. The van der Waals surface area contributed by atoms with Crippen molar-refractivity contribution in [2.24, 2.45) is 17.3 Å². The Balaban J connectivity index is 2.58. The number of carboxylic acids is 1. The molecule has 0 atom stereocenters. The molecule has 0 radical (unpaired) electrons. The van der Waals surface area contributed by atoms with Gasteiger partial charge in [-0.25, -0.2) is 0 Å². The first-order valence-corrected chi connectivity index (χ1v) is 5.18. The first-order valence-electron chi connectivity index (χ1n) is 5.18. The Bertz CT molecular complexity index is 188. The summed E-state index contributed by atoms with van der Waals surface area (Å²) in [6.07, 6.45) is 4.56. The summed E-state index contributed by atoms with van der Waals surface area (Å²) < 4.78 is 0. The van der Waals surface area contributed by atoms with Crippen LogP contribution in [0.3, 0.4) is 0 Å². The number of carboxylic acid groups (broad SMARTS) is 1. The minimum atomic E-state index is -0.646. The lowest BCUT2D eigenvalue weighted by Gasteiger charge is -2.35. The van der Waals surface area contributed by atoms with E-state index < -0.39 is 11.4 Å². The van der Waals surface area contributed by atoms with Gasteiger partial charge in [-0.1, -0.05) is 19.8 Å². The number of rotatable bonds is 2. The van der Waals surface area contributed by atoms with Crippen LogP contribution in [-0.2, 0) is 4.79 Å². The lowest BCUT2D eigenvalue weighted by molar-refractivity contribution is -0.151. The normalized spacial score (nSPS) is 30.1. The smallest absolute Gasteiger partial charge is 0.309 e. The highest BCUT2D eigenvalue weighted by Gasteiger charge is 2.37. The quantitative estimate of drug-likeness (QED) is 0.716. The molecule has 1 N–H and O–H groups in total. The van der Waals surface area contributed by atoms with Gasteiger partial charge in [-0.2, -0.15) is 0 Å². The van der Waals surface area contributed by atoms with Crippen molar-refractivity contribution < 1.29 is 9.90 Å². The molecule has 2 heteroatoms. The van der Waals surface area contributed by atoms with Crippen LogP contribution >= 0.6 is 0 Å². The van der Waals surface area contributed by atoms with Crippen LogP contribution in [0.15, 0.2) is 0 Å². The summed E-state index contributed by atoms with van der Waals surface area (Å²) in [5.74, 6) is 0.522. The summed E-state index contributed by atoms with van der Waals surface area (Å²) in [5, 5.41) is 9.06. The highest BCUT2D eigenvalue weighted by atomic mass is 16.4. The molecule has 0 aliphatic heterocycles. The number of hydrogen-bond acceptors (Lipinski definition) is 1. The molecule has 0 aromatic heterocycles. The van der Waals surface area contributed by atoms with Crippen molar-refractivity contribution in [2.75, 3.05) is 0 Å². The van der Waals surface area contributed by atoms with Gasteiger partial charge in [0, 0.05) is 0 Å².